The van der Waals surface area contributed by atoms with Crippen molar-refractivity contribution in [1.82, 2.24) is 0 Å². The maximum absolute atomic E-state index is 10.5. The van der Waals surface area contributed by atoms with Crippen LogP contribution in [0, 0.1) is 0 Å². The van der Waals surface area contributed by atoms with Crippen molar-refractivity contribution in [2.75, 3.05) is 0 Å². The van der Waals surface area contributed by atoms with Crippen LogP contribution in [0.5, 0.6) is 0 Å². The second-order valence-electron chi connectivity index (χ2n) is 2.92. The van der Waals surface area contributed by atoms with Gasteiger partial charge in [0.05, 0.1) is 16.2 Å². The molecule has 4 nitrogen and oxygen atoms in total. The Morgan fingerprint density at radius 3 is 1.92 bits per heavy atom. The molecule has 0 aromatic rings. The van der Waals surface area contributed by atoms with Gasteiger partial charge in [0.15, 0.2) is 0 Å². The summed E-state index contributed by atoms with van der Waals surface area (Å²) in [5, 5.41) is 8.24. The first-order valence-corrected chi connectivity index (χ1v) is 5.10. The van der Waals surface area contributed by atoms with Gasteiger partial charge in [-0.3, -0.25) is 0 Å². The molecule has 0 bridgehead atoms. The molecule has 0 aromatic heterocycles. The summed E-state index contributed by atoms with van der Waals surface area (Å²) in [4.78, 5) is 0. The van der Waals surface area contributed by atoms with Crippen molar-refractivity contribution in [2.45, 2.75) is 37.0 Å². The van der Waals surface area contributed by atoms with Gasteiger partial charge in [0.25, 0.3) is 0 Å². The van der Waals surface area contributed by atoms with Crippen LogP contribution in [0.15, 0.2) is 0 Å². The largest absolute Gasteiger partial charge is 1.00 e. The van der Waals surface area contributed by atoms with Gasteiger partial charge < -0.3 is 9.66 Å². The monoisotopic (exact) mass is 202 g/mol. The van der Waals surface area contributed by atoms with Gasteiger partial charge in [0.2, 0.25) is 0 Å². The molecule has 0 amide bonds. The Kier molecular flexibility index (Phi) is 5.29. The SMILES string of the molecule is O=S(=O)([O-])C1CCC(O)CC1.[Na+]. The van der Waals surface area contributed by atoms with E-state index >= 15 is 0 Å². The fourth-order valence-corrected chi connectivity index (χ4v) is 2.18. The fourth-order valence-electron chi connectivity index (χ4n) is 1.33. The Morgan fingerprint density at radius 1 is 1.17 bits per heavy atom. The molecule has 0 spiro atoms. The molecule has 1 N–H and O–H groups in total. The zero-order valence-electron chi connectivity index (χ0n) is 7.06. The van der Waals surface area contributed by atoms with Gasteiger partial charge in [-0.15, -0.1) is 0 Å². The summed E-state index contributed by atoms with van der Waals surface area (Å²) in [6, 6.07) is 0. The van der Waals surface area contributed by atoms with Gasteiger partial charge in [-0.25, -0.2) is 8.42 Å². The third-order valence-electron chi connectivity index (χ3n) is 2.05. The minimum atomic E-state index is -4.11. The number of hydrogen-bond donors (Lipinski definition) is 1. The van der Waals surface area contributed by atoms with Crippen LogP contribution in [0.3, 0.4) is 0 Å². The number of aliphatic hydroxyl groups is 1. The van der Waals surface area contributed by atoms with Crippen molar-refractivity contribution in [3.05, 3.63) is 0 Å². The van der Waals surface area contributed by atoms with Gasteiger partial charge in [0.1, 0.15) is 0 Å². The van der Waals surface area contributed by atoms with E-state index in [0.717, 1.165) is 0 Å². The summed E-state index contributed by atoms with van der Waals surface area (Å²) in [5.41, 5.74) is 0. The van der Waals surface area contributed by atoms with E-state index in [4.69, 9.17) is 5.11 Å². The molecular formula is C6H11NaO4S. The molecule has 1 saturated carbocycles. The summed E-state index contributed by atoms with van der Waals surface area (Å²) in [5.74, 6) is 0. The molecule has 0 atom stereocenters. The van der Waals surface area contributed by atoms with Gasteiger partial charge in [0, 0.05) is 5.25 Å². The van der Waals surface area contributed by atoms with Crippen LogP contribution in [0.2, 0.25) is 0 Å². The van der Waals surface area contributed by atoms with Crippen LogP contribution >= 0.6 is 0 Å². The van der Waals surface area contributed by atoms with Gasteiger partial charge in [-0.1, -0.05) is 0 Å². The molecular weight excluding hydrogens is 191 g/mol. The summed E-state index contributed by atoms with van der Waals surface area (Å²) >= 11 is 0. The quantitative estimate of drug-likeness (QED) is 0.359. The van der Waals surface area contributed by atoms with E-state index in [0.29, 0.717) is 25.7 Å². The van der Waals surface area contributed by atoms with Crippen molar-refractivity contribution >= 4 is 10.1 Å². The molecule has 12 heavy (non-hydrogen) atoms. The molecule has 1 aliphatic rings. The average molecular weight is 202 g/mol. The predicted octanol–water partition coefficient (Wildman–Crippen LogP) is -3.16. The maximum atomic E-state index is 10.5. The average Bonchev–Trinajstić information content (AvgIpc) is 1.86. The van der Waals surface area contributed by atoms with Gasteiger partial charge in [-0.05, 0) is 25.7 Å². The number of aliphatic hydroxyl groups excluding tert-OH is 1. The number of hydrogen-bond acceptors (Lipinski definition) is 4. The first kappa shape index (κ1) is 12.9. The van der Waals surface area contributed by atoms with E-state index in [9.17, 15) is 13.0 Å². The zero-order chi connectivity index (χ0) is 8.48. The van der Waals surface area contributed by atoms with Crippen LogP contribution in [0.4, 0.5) is 0 Å². The van der Waals surface area contributed by atoms with Crippen molar-refractivity contribution < 1.29 is 47.6 Å². The Labute approximate surface area is 94.4 Å². The molecule has 0 radical (unpaired) electrons. The number of rotatable bonds is 1. The third kappa shape index (κ3) is 3.72. The molecule has 66 valence electrons. The zero-order valence-corrected chi connectivity index (χ0v) is 9.88. The summed E-state index contributed by atoms with van der Waals surface area (Å²) in [6.07, 6.45) is 1.09. The van der Waals surface area contributed by atoms with Crippen LogP contribution < -0.4 is 29.6 Å². The van der Waals surface area contributed by atoms with E-state index < -0.39 is 21.5 Å². The Balaban J connectivity index is 0.00000121. The Hall–Kier alpha value is 0.870. The first-order chi connectivity index (χ1) is 5.00. The Bertz CT molecular complexity index is 218. The molecule has 0 saturated heterocycles. The minimum Gasteiger partial charge on any atom is -0.748 e. The van der Waals surface area contributed by atoms with Crippen molar-refractivity contribution in [3.63, 3.8) is 0 Å². The summed E-state index contributed by atoms with van der Waals surface area (Å²) in [7, 11) is -4.11. The molecule has 0 aliphatic heterocycles. The molecule has 0 aromatic carbocycles. The van der Waals surface area contributed by atoms with Crippen molar-refractivity contribution in [3.8, 4) is 0 Å². The molecule has 0 heterocycles. The molecule has 1 rings (SSSR count). The van der Waals surface area contributed by atoms with E-state index in [1.807, 2.05) is 0 Å². The second kappa shape index (κ2) is 4.93. The normalized spacial score (nSPS) is 30.8. The molecule has 6 heteroatoms. The van der Waals surface area contributed by atoms with Crippen LogP contribution in [0.1, 0.15) is 25.7 Å². The smallest absolute Gasteiger partial charge is 0.748 e. The first-order valence-electron chi connectivity index (χ1n) is 3.63. The molecule has 1 aliphatic carbocycles. The van der Waals surface area contributed by atoms with Gasteiger partial charge >= 0.3 is 29.6 Å². The van der Waals surface area contributed by atoms with Crippen LogP contribution in [-0.4, -0.2) is 29.4 Å². The summed E-state index contributed by atoms with van der Waals surface area (Å²) < 4.78 is 31.4. The van der Waals surface area contributed by atoms with Gasteiger partial charge in [-0.2, -0.15) is 0 Å². The van der Waals surface area contributed by atoms with E-state index in [-0.39, 0.29) is 29.6 Å². The van der Waals surface area contributed by atoms with E-state index in [1.165, 1.54) is 0 Å². The van der Waals surface area contributed by atoms with Crippen LogP contribution in [-0.2, 0) is 10.1 Å². The van der Waals surface area contributed by atoms with E-state index in [2.05, 4.69) is 0 Å². The predicted molar refractivity (Wildman–Crippen MR) is 38.0 cm³/mol. The second-order valence-corrected chi connectivity index (χ2v) is 4.58. The van der Waals surface area contributed by atoms with Crippen LogP contribution in [0.25, 0.3) is 0 Å². The standard InChI is InChI=1S/C6H12O4S.Na/c7-5-1-3-6(4-2-5)11(8,9)10;/h5-7H,1-4H2,(H,8,9,10);/q;+1/p-1. The Morgan fingerprint density at radius 2 is 1.58 bits per heavy atom. The molecule has 0 unspecified atom stereocenters. The topological polar surface area (TPSA) is 77.4 Å². The molecule has 1 fully saturated rings. The van der Waals surface area contributed by atoms with Crippen molar-refractivity contribution in [1.29, 1.82) is 0 Å². The van der Waals surface area contributed by atoms with E-state index in [1.54, 1.807) is 0 Å². The summed E-state index contributed by atoms with van der Waals surface area (Å²) in [6.45, 7) is 0. The fraction of sp³-hybridized carbons (Fsp3) is 1.00. The minimum absolute atomic E-state index is 0. The maximum Gasteiger partial charge on any atom is 1.00 e. The third-order valence-corrected chi connectivity index (χ3v) is 3.34. The van der Waals surface area contributed by atoms with Crippen molar-refractivity contribution in [2.24, 2.45) is 0 Å².